The molecule has 6 heteroatoms. The number of ether oxygens (including phenoxy) is 2. The number of likely N-dealkylation sites (tertiary alicyclic amines) is 1. The Balaban J connectivity index is 1.61. The number of anilines is 1. The van der Waals surface area contributed by atoms with E-state index in [1.54, 1.807) is 12.1 Å². The largest absolute Gasteiger partial charge is 0.496 e. The molecule has 132 valence electrons. The van der Waals surface area contributed by atoms with Crippen LogP contribution < -0.4 is 10.5 Å². The summed E-state index contributed by atoms with van der Waals surface area (Å²) in [5.41, 5.74) is 6.66. The number of halogens is 1. The van der Waals surface area contributed by atoms with Crippen LogP contribution in [0.15, 0.2) is 12.1 Å². The molecule has 24 heavy (non-hydrogen) atoms. The average molecular weight is 353 g/mol. The van der Waals surface area contributed by atoms with Crippen LogP contribution in [0.1, 0.15) is 48.9 Å². The van der Waals surface area contributed by atoms with Gasteiger partial charge in [-0.25, -0.2) is 0 Å². The number of nitrogens with two attached hydrogens (primary N) is 1. The molecule has 0 unspecified atom stereocenters. The predicted octanol–water partition coefficient (Wildman–Crippen LogP) is 3.49. The lowest BCUT2D eigenvalue weighted by Crippen LogP contribution is -2.41. The molecule has 1 aromatic rings. The maximum Gasteiger partial charge on any atom is 0.257 e. The van der Waals surface area contributed by atoms with Gasteiger partial charge in [0.1, 0.15) is 5.75 Å². The standard InChI is InChI=1S/C18H25ClN2O3/c1-23-17-11-16(20)15(19)10-14(17)18(22)21-8-6-13(7-9-21)24-12-4-2-3-5-12/h10-13H,2-9,20H2,1H3. The monoisotopic (exact) mass is 352 g/mol. The second kappa shape index (κ2) is 7.62. The Morgan fingerprint density at radius 1 is 1.17 bits per heavy atom. The van der Waals surface area contributed by atoms with Crippen molar-refractivity contribution in [3.05, 3.63) is 22.7 Å². The van der Waals surface area contributed by atoms with E-state index in [9.17, 15) is 4.79 Å². The molecule has 1 aromatic carbocycles. The van der Waals surface area contributed by atoms with Crippen LogP contribution in [-0.2, 0) is 4.74 Å². The van der Waals surface area contributed by atoms with E-state index in [-0.39, 0.29) is 12.0 Å². The third-order valence-corrected chi connectivity index (χ3v) is 5.29. The Kier molecular flexibility index (Phi) is 5.51. The number of piperidine rings is 1. The molecular weight excluding hydrogens is 328 g/mol. The van der Waals surface area contributed by atoms with Gasteiger partial charge in [-0.2, -0.15) is 0 Å². The Morgan fingerprint density at radius 3 is 2.42 bits per heavy atom. The van der Waals surface area contributed by atoms with Crippen molar-refractivity contribution in [2.45, 2.75) is 50.7 Å². The molecule has 1 aliphatic heterocycles. The lowest BCUT2D eigenvalue weighted by Gasteiger charge is -2.33. The Bertz CT molecular complexity index is 594. The van der Waals surface area contributed by atoms with Gasteiger partial charge in [-0.15, -0.1) is 0 Å². The first-order valence-corrected chi connectivity index (χ1v) is 9.04. The van der Waals surface area contributed by atoms with Crippen LogP contribution in [0.5, 0.6) is 5.75 Å². The summed E-state index contributed by atoms with van der Waals surface area (Å²) >= 11 is 6.07. The summed E-state index contributed by atoms with van der Waals surface area (Å²) in [5, 5.41) is 0.374. The number of hydrogen-bond acceptors (Lipinski definition) is 4. The minimum Gasteiger partial charge on any atom is -0.496 e. The smallest absolute Gasteiger partial charge is 0.257 e. The first-order chi connectivity index (χ1) is 11.6. The van der Waals surface area contributed by atoms with E-state index in [4.69, 9.17) is 26.8 Å². The molecule has 2 aliphatic rings. The van der Waals surface area contributed by atoms with Crippen molar-refractivity contribution < 1.29 is 14.3 Å². The van der Waals surface area contributed by atoms with E-state index in [1.807, 2.05) is 4.90 Å². The van der Waals surface area contributed by atoms with Gasteiger partial charge in [0, 0.05) is 19.2 Å². The summed E-state index contributed by atoms with van der Waals surface area (Å²) in [6, 6.07) is 3.20. The third-order valence-electron chi connectivity index (χ3n) is 4.97. The summed E-state index contributed by atoms with van der Waals surface area (Å²) in [7, 11) is 1.53. The van der Waals surface area contributed by atoms with Crippen LogP contribution in [-0.4, -0.2) is 43.2 Å². The van der Waals surface area contributed by atoms with Gasteiger partial charge in [0.05, 0.1) is 35.6 Å². The maximum absolute atomic E-state index is 12.8. The summed E-state index contributed by atoms with van der Waals surface area (Å²) in [4.78, 5) is 14.6. The van der Waals surface area contributed by atoms with Crippen LogP contribution in [0.25, 0.3) is 0 Å². The van der Waals surface area contributed by atoms with Crippen molar-refractivity contribution in [3.63, 3.8) is 0 Å². The molecule has 5 nitrogen and oxygen atoms in total. The van der Waals surface area contributed by atoms with Crippen LogP contribution in [0.2, 0.25) is 5.02 Å². The van der Waals surface area contributed by atoms with Crippen molar-refractivity contribution in [2.24, 2.45) is 0 Å². The highest BCUT2D eigenvalue weighted by molar-refractivity contribution is 6.33. The minimum atomic E-state index is -0.0620. The highest BCUT2D eigenvalue weighted by Gasteiger charge is 2.28. The highest BCUT2D eigenvalue weighted by atomic mass is 35.5. The summed E-state index contributed by atoms with van der Waals surface area (Å²) in [5.74, 6) is 0.402. The second-order valence-corrected chi connectivity index (χ2v) is 7.02. The Morgan fingerprint density at radius 2 is 1.79 bits per heavy atom. The zero-order chi connectivity index (χ0) is 17.1. The number of carbonyl (C=O) groups excluding carboxylic acids is 1. The maximum atomic E-state index is 12.8. The zero-order valence-corrected chi connectivity index (χ0v) is 14.8. The molecular formula is C18H25ClN2O3. The van der Waals surface area contributed by atoms with Crippen molar-refractivity contribution >= 4 is 23.2 Å². The first-order valence-electron chi connectivity index (χ1n) is 8.66. The number of hydrogen-bond donors (Lipinski definition) is 1. The van der Waals surface area contributed by atoms with Gasteiger partial charge >= 0.3 is 0 Å². The number of nitrogen functional groups attached to an aromatic ring is 1. The Hall–Kier alpha value is -1.46. The number of methoxy groups -OCH3 is 1. The molecule has 2 N–H and O–H groups in total. The van der Waals surface area contributed by atoms with Gasteiger partial charge in [0.25, 0.3) is 5.91 Å². The van der Waals surface area contributed by atoms with Gasteiger partial charge in [-0.1, -0.05) is 24.4 Å². The van der Waals surface area contributed by atoms with Crippen molar-refractivity contribution in [1.82, 2.24) is 4.90 Å². The molecule has 3 rings (SSSR count). The SMILES string of the molecule is COc1cc(N)c(Cl)cc1C(=O)N1CCC(OC2CCCC2)CC1. The first kappa shape index (κ1) is 17.4. The van der Waals surface area contributed by atoms with Gasteiger partial charge in [0.2, 0.25) is 0 Å². The highest BCUT2D eigenvalue weighted by Crippen LogP contribution is 2.31. The van der Waals surface area contributed by atoms with Crippen LogP contribution >= 0.6 is 11.6 Å². The van der Waals surface area contributed by atoms with E-state index in [2.05, 4.69) is 0 Å². The normalized spacial score (nSPS) is 19.7. The number of nitrogens with zero attached hydrogens (tertiary/aromatic N) is 1. The molecule has 0 atom stereocenters. The summed E-state index contributed by atoms with van der Waals surface area (Å²) in [6.07, 6.45) is 7.38. The molecule has 1 heterocycles. The van der Waals surface area contributed by atoms with E-state index >= 15 is 0 Å². The molecule has 1 aliphatic carbocycles. The molecule has 0 spiro atoms. The van der Waals surface area contributed by atoms with Crippen molar-refractivity contribution in [1.29, 1.82) is 0 Å². The molecule has 2 fully saturated rings. The number of carbonyl (C=O) groups is 1. The van der Waals surface area contributed by atoms with Gasteiger partial charge in [-0.3, -0.25) is 4.79 Å². The topological polar surface area (TPSA) is 64.8 Å². The predicted molar refractivity (Wildman–Crippen MR) is 94.7 cm³/mol. The molecule has 0 bridgehead atoms. The minimum absolute atomic E-state index is 0.0620. The number of amides is 1. The van der Waals surface area contributed by atoms with E-state index < -0.39 is 0 Å². The average Bonchev–Trinajstić information content (AvgIpc) is 3.10. The molecule has 1 saturated heterocycles. The fourth-order valence-electron chi connectivity index (χ4n) is 3.57. The molecule has 1 amide bonds. The van der Waals surface area contributed by atoms with Crippen molar-refractivity contribution in [2.75, 3.05) is 25.9 Å². The van der Waals surface area contributed by atoms with Crippen LogP contribution in [0.3, 0.4) is 0 Å². The van der Waals surface area contributed by atoms with Gasteiger partial charge < -0.3 is 20.1 Å². The molecule has 0 radical (unpaired) electrons. The van der Waals surface area contributed by atoms with E-state index in [0.29, 0.717) is 41.2 Å². The zero-order valence-electron chi connectivity index (χ0n) is 14.1. The van der Waals surface area contributed by atoms with Crippen LogP contribution in [0.4, 0.5) is 5.69 Å². The quantitative estimate of drug-likeness (QED) is 0.842. The van der Waals surface area contributed by atoms with Crippen LogP contribution in [0, 0.1) is 0 Å². The lowest BCUT2D eigenvalue weighted by molar-refractivity contribution is -0.0357. The Labute approximate surface area is 148 Å². The summed E-state index contributed by atoms with van der Waals surface area (Å²) < 4.78 is 11.5. The van der Waals surface area contributed by atoms with Gasteiger partial charge in [-0.05, 0) is 31.7 Å². The fourth-order valence-corrected chi connectivity index (χ4v) is 3.73. The lowest BCUT2D eigenvalue weighted by atomic mass is 10.0. The number of benzene rings is 1. The van der Waals surface area contributed by atoms with E-state index in [1.165, 1.54) is 32.8 Å². The third kappa shape index (κ3) is 3.78. The molecule has 1 saturated carbocycles. The van der Waals surface area contributed by atoms with Crippen molar-refractivity contribution in [3.8, 4) is 5.75 Å². The van der Waals surface area contributed by atoms with E-state index in [0.717, 1.165) is 12.8 Å². The van der Waals surface area contributed by atoms with Gasteiger partial charge in [0.15, 0.2) is 0 Å². The summed E-state index contributed by atoms with van der Waals surface area (Å²) in [6.45, 7) is 1.39. The molecule has 0 aromatic heterocycles. The fraction of sp³-hybridized carbons (Fsp3) is 0.611. The second-order valence-electron chi connectivity index (χ2n) is 6.61. The number of rotatable bonds is 4.